The van der Waals surface area contributed by atoms with Crippen molar-refractivity contribution in [3.63, 3.8) is 0 Å². The molecule has 0 saturated heterocycles. The topological polar surface area (TPSA) is 103 Å². The Balaban J connectivity index is 1.69. The largest absolute Gasteiger partial charge is 0.496 e. The maximum atomic E-state index is 13.9. The monoisotopic (exact) mass is 469 g/mol. The van der Waals surface area contributed by atoms with Crippen molar-refractivity contribution in [2.45, 2.75) is 25.4 Å². The number of nitro benzene ring substituents is 1. The number of fused-ring (bicyclic) bond motifs is 1. The number of rotatable bonds is 5. The van der Waals surface area contributed by atoms with Crippen molar-refractivity contribution in [2.75, 3.05) is 12.0 Å². The first-order valence-corrected chi connectivity index (χ1v) is 11.2. The molecular formula is C26H23N5O4. The van der Waals surface area contributed by atoms with Gasteiger partial charge >= 0.3 is 0 Å². The van der Waals surface area contributed by atoms with Gasteiger partial charge in [-0.3, -0.25) is 19.8 Å². The fourth-order valence-corrected chi connectivity index (χ4v) is 4.64. The number of carbonyl (C=O) groups excluding carboxylic acids is 1. The Morgan fingerprint density at radius 1 is 1.03 bits per heavy atom. The van der Waals surface area contributed by atoms with Crippen molar-refractivity contribution in [1.29, 1.82) is 0 Å². The maximum absolute atomic E-state index is 13.9. The number of hydrogen-bond donors (Lipinski definition) is 0. The van der Waals surface area contributed by atoms with E-state index in [1.807, 2.05) is 55.5 Å². The second-order valence-electron chi connectivity index (χ2n) is 8.37. The number of anilines is 1. The molecule has 0 bridgehead atoms. The Morgan fingerprint density at radius 2 is 1.74 bits per heavy atom. The molecule has 1 amide bonds. The van der Waals surface area contributed by atoms with Gasteiger partial charge in [0.1, 0.15) is 17.6 Å². The van der Waals surface area contributed by atoms with Gasteiger partial charge in [0, 0.05) is 11.6 Å². The minimum atomic E-state index is -0.541. The Bertz CT molecular complexity index is 1400. The van der Waals surface area contributed by atoms with E-state index in [-0.39, 0.29) is 17.3 Å². The van der Waals surface area contributed by atoms with Gasteiger partial charge in [0.05, 0.1) is 24.1 Å². The standard InChI is InChI=1S/C26H23N5O4/c1-17-11-13-18(14-12-17)22-15-23(19-7-4-6-10-24(19)35-2)30-26(27-16-28-30)29(22)25(32)20-8-3-5-9-21(20)31(33)34/h3-14,16,22-23H,15H2,1-2H3/t22-,23-/m0/s1. The molecule has 0 N–H and O–H groups in total. The van der Waals surface area contributed by atoms with Crippen LogP contribution in [0.1, 0.15) is 45.6 Å². The molecule has 1 aromatic heterocycles. The summed E-state index contributed by atoms with van der Waals surface area (Å²) in [6, 6.07) is 20.9. The third-order valence-corrected chi connectivity index (χ3v) is 6.33. The second kappa shape index (κ2) is 9.02. The average Bonchev–Trinajstić information content (AvgIpc) is 3.37. The molecule has 2 heterocycles. The van der Waals surface area contributed by atoms with Gasteiger partial charge in [-0.1, -0.05) is 60.2 Å². The van der Waals surface area contributed by atoms with Gasteiger partial charge in [-0.2, -0.15) is 10.1 Å². The van der Waals surface area contributed by atoms with E-state index in [9.17, 15) is 14.9 Å². The first kappa shape index (κ1) is 22.3. The first-order chi connectivity index (χ1) is 17.0. The highest BCUT2D eigenvalue weighted by Gasteiger charge is 2.41. The molecule has 0 spiro atoms. The van der Waals surface area contributed by atoms with Crippen LogP contribution in [0.25, 0.3) is 0 Å². The molecule has 5 rings (SSSR count). The number of hydrogen-bond acceptors (Lipinski definition) is 6. The number of methoxy groups -OCH3 is 1. The van der Waals surface area contributed by atoms with Gasteiger partial charge in [-0.15, -0.1) is 0 Å². The Labute approximate surface area is 201 Å². The summed E-state index contributed by atoms with van der Waals surface area (Å²) in [5.41, 5.74) is 2.65. The summed E-state index contributed by atoms with van der Waals surface area (Å²) < 4.78 is 7.31. The third-order valence-electron chi connectivity index (χ3n) is 6.33. The third kappa shape index (κ3) is 3.90. The fraction of sp³-hybridized carbons (Fsp3) is 0.192. The minimum Gasteiger partial charge on any atom is -0.496 e. The number of para-hydroxylation sites is 2. The Morgan fingerprint density at radius 3 is 2.49 bits per heavy atom. The number of carbonyl (C=O) groups is 1. The van der Waals surface area contributed by atoms with Crippen molar-refractivity contribution >= 4 is 17.5 Å². The van der Waals surface area contributed by atoms with Crippen LogP contribution in [-0.2, 0) is 0 Å². The molecule has 0 radical (unpaired) electrons. The molecule has 0 saturated carbocycles. The molecule has 176 valence electrons. The molecule has 4 aromatic rings. The van der Waals surface area contributed by atoms with E-state index < -0.39 is 16.9 Å². The summed E-state index contributed by atoms with van der Waals surface area (Å²) in [6.07, 6.45) is 1.88. The van der Waals surface area contributed by atoms with Gasteiger partial charge < -0.3 is 4.74 Å². The van der Waals surface area contributed by atoms with Crippen LogP contribution < -0.4 is 9.64 Å². The van der Waals surface area contributed by atoms with Crippen LogP contribution >= 0.6 is 0 Å². The van der Waals surface area contributed by atoms with Crippen molar-refractivity contribution in [1.82, 2.24) is 14.8 Å². The summed E-state index contributed by atoms with van der Waals surface area (Å²) in [5.74, 6) is 0.525. The van der Waals surface area contributed by atoms with E-state index in [4.69, 9.17) is 4.74 Å². The van der Waals surface area contributed by atoms with Crippen LogP contribution in [0.2, 0.25) is 0 Å². The van der Waals surface area contributed by atoms with Crippen molar-refractivity contribution in [3.05, 3.63) is 111 Å². The zero-order valence-corrected chi connectivity index (χ0v) is 19.2. The lowest BCUT2D eigenvalue weighted by molar-refractivity contribution is -0.385. The summed E-state index contributed by atoms with van der Waals surface area (Å²) in [7, 11) is 1.62. The van der Waals surface area contributed by atoms with E-state index in [0.29, 0.717) is 18.1 Å². The number of aryl methyl sites for hydroxylation is 1. The SMILES string of the molecule is COc1ccccc1[C@@H]1C[C@@H](c2ccc(C)cc2)N(C(=O)c2ccccc2[N+](=O)[O-])c2ncnn21. The van der Waals surface area contributed by atoms with Crippen LogP contribution in [0, 0.1) is 17.0 Å². The quantitative estimate of drug-likeness (QED) is 0.305. The molecule has 0 fully saturated rings. The molecule has 0 unspecified atom stereocenters. The van der Waals surface area contributed by atoms with Gasteiger partial charge in [0.15, 0.2) is 0 Å². The molecule has 1 aliphatic rings. The highest BCUT2D eigenvalue weighted by molar-refractivity contribution is 6.08. The molecule has 9 heteroatoms. The number of nitrogens with zero attached hydrogens (tertiary/aromatic N) is 5. The van der Waals surface area contributed by atoms with Crippen molar-refractivity contribution in [2.24, 2.45) is 0 Å². The molecule has 3 aromatic carbocycles. The zero-order chi connectivity index (χ0) is 24.5. The number of ether oxygens (including phenoxy) is 1. The molecule has 0 aliphatic carbocycles. The summed E-state index contributed by atoms with van der Waals surface area (Å²) in [5, 5.41) is 16.1. The minimum absolute atomic E-state index is 0.0000895. The van der Waals surface area contributed by atoms with Crippen LogP contribution in [0.5, 0.6) is 5.75 Å². The van der Waals surface area contributed by atoms with Gasteiger partial charge in [-0.05, 0) is 31.0 Å². The van der Waals surface area contributed by atoms with Gasteiger partial charge in [-0.25, -0.2) is 4.68 Å². The van der Waals surface area contributed by atoms with E-state index in [0.717, 1.165) is 16.7 Å². The van der Waals surface area contributed by atoms with E-state index in [2.05, 4.69) is 10.1 Å². The number of nitro groups is 1. The normalized spacial score (nSPS) is 17.0. The van der Waals surface area contributed by atoms with E-state index in [1.54, 1.807) is 23.9 Å². The zero-order valence-electron chi connectivity index (χ0n) is 19.2. The van der Waals surface area contributed by atoms with Crippen LogP contribution in [0.4, 0.5) is 11.6 Å². The van der Waals surface area contributed by atoms with Gasteiger partial charge in [0.25, 0.3) is 11.6 Å². The first-order valence-electron chi connectivity index (χ1n) is 11.2. The van der Waals surface area contributed by atoms with Crippen LogP contribution in [0.3, 0.4) is 0 Å². The van der Waals surface area contributed by atoms with Crippen molar-refractivity contribution in [3.8, 4) is 5.75 Å². The summed E-state index contributed by atoms with van der Waals surface area (Å²) >= 11 is 0. The highest BCUT2D eigenvalue weighted by Crippen LogP contribution is 2.44. The Hall–Kier alpha value is -4.53. The molecule has 35 heavy (non-hydrogen) atoms. The highest BCUT2D eigenvalue weighted by atomic mass is 16.6. The van der Waals surface area contributed by atoms with Crippen LogP contribution in [0.15, 0.2) is 79.1 Å². The lowest BCUT2D eigenvalue weighted by atomic mass is 9.90. The predicted octanol–water partition coefficient (Wildman–Crippen LogP) is 4.88. The van der Waals surface area contributed by atoms with Crippen molar-refractivity contribution < 1.29 is 14.5 Å². The number of amides is 1. The maximum Gasteiger partial charge on any atom is 0.282 e. The predicted molar refractivity (Wildman–Crippen MR) is 130 cm³/mol. The molecule has 2 atom stereocenters. The Kier molecular flexibility index (Phi) is 5.74. The van der Waals surface area contributed by atoms with E-state index in [1.165, 1.54) is 23.4 Å². The number of aromatic nitrogens is 3. The average molecular weight is 470 g/mol. The second-order valence-corrected chi connectivity index (χ2v) is 8.37. The van der Waals surface area contributed by atoms with Crippen LogP contribution in [-0.4, -0.2) is 32.7 Å². The molecular weight excluding hydrogens is 446 g/mol. The smallest absolute Gasteiger partial charge is 0.282 e. The lowest BCUT2D eigenvalue weighted by Crippen LogP contribution is -2.43. The lowest BCUT2D eigenvalue weighted by Gasteiger charge is -2.39. The van der Waals surface area contributed by atoms with E-state index >= 15 is 0 Å². The summed E-state index contributed by atoms with van der Waals surface area (Å²) in [4.78, 5) is 31.0. The number of benzene rings is 3. The fourth-order valence-electron chi connectivity index (χ4n) is 4.64. The van der Waals surface area contributed by atoms with Gasteiger partial charge in [0.2, 0.25) is 5.95 Å². The molecule has 9 nitrogen and oxygen atoms in total. The molecule has 1 aliphatic heterocycles. The summed E-state index contributed by atoms with van der Waals surface area (Å²) in [6.45, 7) is 2.00.